The summed E-state index contributed by atoms with van der Waals surface area (Å²) in [5, 5.41) is 22.4. The first-order valence-electron chi connectivity index (χ1n) is 15.5. The van der Waals surface area contributed by atoms with Gasteiger partial charge in [-0.3, -0.25) is 14.4 Å². The van der Waals surface area contributed by atoms with Crippen LogP contribution in [0, 0.1) is 11.6 Å². The van der Waals surface area contributed by atoms with E-state index >= 15 is 0 Å². The highest BCUT2D eigenvalue weighted by atomic mass is 35.5. The predicted octanol–water partition coefficient (Wildman–Crippen LogP) is 4.92. The summed E-state index contributed by atoms with van der Waals surface area (Å²) in [5.41, 5.74) is 0.382. The van der Waals surface area contributed by atoms with Crippen molar-refractivity contribution in [1.29, 1.82) is 0 Å². The number of carboxylic acid groups (broad SMARTS) is 1. The predicted molar refractivity (Wildman–Crippen MR) is 179 cm³/mol. The van der Waals surface area contributed by atoms with Crippen LogP contribution in [-0.2, 0) is 19.9 Å². The summed E-state index contributed by atoms with van der Waals surface area (Å²) < 4.78 is 70.2. The molecule has 4 aromatic rings. The fraction of sp³-hybridized carbons (Fsp3) is 0.242. The number of halogens is 6. The molecule has 0 spiro atoms. The van der Waals surface area contributed by atoms with Crippen molar-refractivity contribution in [1.82, 2.24) is 25.6 Å². The number of anilines is 4. The molecule has 0 aliphatic heterocycles. The molecule has 1 atom stereocenters. The Kier molecular flexibility index (Phi) is 11.6. The summed E-state index contributed by atoms with van der Waals surface area (Å²) in [7, 11) is 0. The van der Waals surface area contributed by atoms with Crippen molar-refractivity contribution < 1.29 is 51.0 Å². The largest absolute Gasteiger partial charge is 0.480 e. The molecule has 1 heterocycles. The number of alkyl halides is 3. The van der Waals surface area contributed by atoms with Gasteiger partial charge in [-0.1, -0.05) is 23.7 Å². The minimum absolute atomic E-state index is 0.0541. The normalized spacial score (nSPS) is 13.6. The van der Waals surface area contributed by atoms with Gasteiger partial charge < -0.3 is 36.4 Å². The Labute approximate surface area is 301 Å². The van der Waals surface area contributed by atoms with Crippen LogP contribution >= 0.6 is 11.6 Å². The summed E-state index contributed by atoms with van der Waals surface area (Å²) >= 11 is 6.00. The third-order valence-corrected chi connectivity index (χ3v) is 7.78. The van der Waals surface area contributed by atoms with Crippen molar-refractivity contribution in [2.24, 2.45) is 0 Å². The van der Waals surface area contributed by atoms with E-state index in [0.717, 1.165) is 17.7 Å². The van der Waals surface area contributed by atoms with Gasteiger partial charge in [-0.05, 0) is 73.4 Å². The van der Waals surface area contributed by atoms with Crippen LogP contribution in [0.2, 0.25) is 5.02 Å². The molecular formula is C33H28ClF5N8O6. The number of aliphatic carboxylic acids is 1. The van der Waals surface area contributed by atoms with Crippen molar-refractivity contribution in [2.75, 3.05) is 29.1 Å². The Bertz CT molecular complexity index is 1980. The Morgan fingerprint density at radius 1 is 0.868 bits per heavy atom. The zero-order valence-corrected chi connectivity index (χ0v) is 27.8. The molecule has 0 bridgehead atoms. The molecule has 14 nitrogen and oxygen atoms in total. The van der Waals surface area contributed by atoms with Crippen LogP contribution in [0.3, 0.4) is 0 Å². The number of benzene rings is 3. The van der Waals surface area contributed by atoms with Crippen molar-refractivity contribution in [3.63, 3.8) is 0 Å². The topological polar surface area (TPSA) is 197 Å². The highest BCUT2D eigenvalue weighted by Crippen LogP contribution is 2.48. The molecule has 0 saturated heterocycles. The van der Waals surface area contributed by atoms with Crippen molar-refractivity contribution in [3.8, 4) is 6.01 Å². The van der Waals surface area contributed by atoms with Gasteiger partial charge in [-0.2, -0.15) is 28.1 Å². The molecule has 3 aromatic carbocycles. The number of aromatic nitrogens is 3. The Morgan fingerprint density at radius 3 is 2.11 bits per heavy atom. The molecule has 5 rings (SSSR count). The van der Waals surface area contributed by atoms with E-state index in [0.29, 0.717) is 29.6 Å². The molecule has 20 heteroatoms. The van der Waals surface area contributed by atoms with Gasteiger partial charge in [0.15, 0.2) is 6.61 Å². The number of nitrogens with zero attached hydrogens (tertiary/aromatic N) is 3. The zero-order chi connectivity index (χ0) is 38.3. The Balaban J connectivity index is 1.18. The minimum atomic E-state index is -4.65. The van der Waals surface area contributed by atoms with Gasteiger partial charge in [-0.15, -0.1) is 0 Å². The quantitative estimate of drug-likeness (QED) is 0.0754. The molecule has 1 saturated carbocycles. The molecule has 3 amide bonds. The van der Waals surface area contributed by atoms with E-state index in [9.17, 15) is 46.2 Å². The van der Waals surface area contributed by atoms with E-state index in [2.05, 4.69) is 30.9 Å². The zero-order valence-electron chi connectivity index (χ0n) is 27.1. The maximum atomic E-state index is 13.4. The molecular weight excluding hydrogens is 735 g/mol. The average Bonchev–Trinajstić information content (AvgIpc) is 3.86. The van der Waals surface area contributed by atoms with Crippen LogP contribution in [0.15, 0.2) is 66.7 Å². The molecule has 53 heavy (non-hydrogen) atoms. The minimum Gasteiger partial charge on any atom is -0.480 e. The molecule has 1 fully saturated rings. The molecule has 1 aromatic heterocycles. The first-order valence-corrected chi connectivity index (χ1v) is 15.9. The van der Waals surface area contributed by atoms with Gasteiger partial charge in [0.25, 0.3) is 5.91 Å². The molecule has 278 valence electrons. The maximum Gasteiger partial charge on any atom is 0.422 e. The Morgan fingerprint density at radius 2 is 1.51 bits per heavy atom. The van der Waals surface area contributed by atoms with E-state index in [1.54, 1.807) is 12.1 Å². The summed E-state index contributed by atoms with van der Waals surface area (Å²) in [6, 6.07) is 12.5. The van der Waals surface area contributed by atoms with Gasteiger partial charge in [0, 0.05) is 34.6 Å². The van der Waals surface area contributed by atoms with Crippen molar-refractivity contribution in [3.05, 3.63) is 94.5 Å². The summed E-state index contributed by atoms with van der Waals surface area (Å²) in [4.78, 5) is 60.9. The molecule has 0 unspecified atom stereocenters. The third-order valence-electron chi connectivity index (χ3n) is 7.53. The number of carbonyl (C=O) groups excluding carboxylic acids is 3. The highest BCUT2D eigenvalue weighted by Gasteiger charge is 2.45. The number of ether oxygens (including phenoxy) is 1. The van der Waals surface area contributed by atoms with Crippen molar-refractivity contribution >= 4 is 58.6 Å². The SMILES string of the molecule is O=C(Nc1cc(F)cc(F)c1)C(=O)N[C@H](CCNC(=O)c1ccc(Nc2nc(NC3(c4ccc(Cl)cc4)CC3)nc(OCC(F)(F)F)n2)cc1)C(=O)O. The maximum absolute atomic E-state index is 13.4. The average molecular weight is 763 g/mol. The molecule has 1 aliphatic carbocycles. The van der Waals surface area contributed by atoms with E-state index in [1.807, 2.05) is 22.8 Å². The van der Waals surface area contributed by atoms with Gasteiger partial charge in [0.05, 0.1) is 5.54 Å². The number of nitrogens with one attached hydrogen (secondary N) is 5. The number of carboxylic acids is 1. The second-order valence-corrected chi connectivity index (χ2v) is 12.0. The van der Waals surface area contributed by atoms with Gasteiger partial charge in [-0.25, -0.2) is 13.6 Å². The van der Waals surface area contributed by atoms with Gasteiger partial charge >= 0.3 is 30.0 Å². The van der Waals surface area contributed by atoms with E-state index in [-0.39, 0.29) is 36.1 Å². The fourth-order valence-corrected chi connectivity index (χ4v) is 4.96. The number of rotatable bonds is 14. The van der Waals surface area contributed by atoms with Crippen LogP contribution in [-0.4, -0.2) is 69.1 Å². The van der Waals surface area contributed by atoms with Gasteiger partial charge in [0.2, 0.25) is 11.9 Å². The van der Waals surface area contributed by atoms with E-state index in [1.165, 1.54) is 24.3 Å². The van der Waals surface area contributed by atoms with Crippen LogP contribution < -0.4 is 31.3 Å². The van der Waals surface area contributed by atoms with Crippen molar-refractivity contribution in [2.45, 2.75) is 37.0 Å². The standard InChI is InChI=1S/C33H28ClF5N8O6/c34-19-5-3-18(4-6-19)32(10-11-32)47-30-44-29(45-31(46-30)53-16-33(37,38)39)42-22-7-1-17(2-8-22)25(48)40-12-9-24(28(51)52)43-27(50)26(49)41-23-14-20(35)13-21(36)15-23/h1-8,13-15,24H,9-12,16H2,(H,40,48)(H,41,49)(H,43,50)(H,51,52)(H2,42,44,45,46,47)/t24-/m1/s1. The lowest BCUT2D eigenvalue weighted by atomic mass is 10.1. The lowest BCUT2D eigenvalue weighted by molar-refractivity contribution is -0.154. The van der Waals surface area contributed by atoms with Crippen LogP contribution in [0.1, 0.15) is 35.2 Å². The van der Waals surface area contributed by atoms with Crippen LogP contribution in [0.5, 0.6) is 6.01 Å². The Hall–Kier alpha value is -6.11. The summed E-state index contributed by atoms with van der Waals surface area (Å²) in [6.45, 7) is -1.90. The smallest absolute Gasteiger partial charge is 0.422 e. The van der Waals surface area contributed by atoms with Crippen LogP contribution in [0.4, 0.5) is 45.2 Å². The second-order valence-electron chi connectivity index (χ2n) is 11.6. The summed E-state index contributed by atoms with van der Waals surface area (Å²) in [5.74, 6) is -7.18. The molecule has 1 aliphatic rings. The first kappa shape index (κ1) is 38.1. The van der Waals surface area contributed by atoms with Crippen LogP contribution in [0.25, 0.3) is 0 Å². The van der Waals surface area contributed by atoms with E-state index < -0.39 is 65.7 Å². The number of hydrogen-bond acceptors (Lipinski definition) is 10. The second kappa shape index (κ2) is 16.1. The number of carbonyl (C=O) groups is 4. The third kappa shape index (κ3) is 10.9. The van der Waals surface area contributed by atoms with E-state index in [4.69, 9.17) is 16.3 Å². The first-order chi connectivity index (χ1) is 25.1. The lowest BCUT2D eigenvalue weighted by Crippen LogP contribution is -2.47. The highest BCUT2D eigenvalue weighted by molar-refractivity contribution is 6.40. The lowest BCUT2D eigenvalue weighted by Gasteiger charge is -2.19. The summed E-state index contributed by atoms with van der Waals surface area (Å²) in [6.07, 6.45) is -3.62. The van der Waals surface area contributed by atoms with Gasteiger partial charge in [0.1, 0.15) is 17.7 Å². The molecule has 6 N–H and O–H groups in total. The molecule has 0 radical (unpaired) electrons. The fourth-order valence-electron chi connectivity index (χ4n) is 4.83. The number of amides is 3. The number of hydrogen-bond donors (Lipinski definition) is 6. The monoisotopic (exact) mass is 762 g/mol.